The zero-order valence-electron chi connectivity index (χ0n) is 9.31. The van der Waals surface area contributed by atoms with Gasteiger partial charge in [-0.25, -0.2) is 4.79 Å². The largest absolute Gasteiger partial charge is 0.338 e. The standard InChI is InChI=1S/C11H22N2O/c1-3-12-11(14)13-8-10-6-4-9(2)5-7-10/h9-10H,3-8H2,1-2H3,(H2,12,13,14). The molecule has 0 unspecified atom stereocenters. The van der Waals surface area contributed by atoms with E-state index in [9.17, 15) is 4.79 Å². The molecule has 0 aromatic heterocycles. The molecule has 0 aromatic carbocycles. The van der Waals surface area contributed by atoms with Gasteiger partial charge in [0.05, 0.1) is 0 Å². The van der Waals surface area contributed by atoms with Crippen molar-refractivity contribution >= 4 is 6.03 Å². The van der Waals surface area contributed by atoms with Crippen LogP contribution in [0.25, 0.3) is 0 Å². The Morgan fingerprint density at radius 1 is 1.21 bits per heavy atom. The third-order valence-corrected chi connectivity index (χ3v) is 3.02. The Labute approximate surface area is 86.6 Å². The van der Waals surface area contributed by atoms with Gasteiger partial charge in [-0.05, 0) is 31.6 Å². The molecule has 1 aliphatic rings. The maximum Gasteiger partial charge on any atom is 0.314 e. The van der Waals surface area contributed by atoms with Crippen LogP contribution in [0.15, 0.2) is 0 Å². The van der Waals surface area contributed by atoms with E-state index in [1.165, 1.54) is 25.7 Å². The average molecular weight is 198 g/mol. The molecule has 3 heteroatoms. The minimum Gasteiger partial charge on any atom is -0.338 e. The van der Waals surface area contributed by atoms with Gasteiger partial charge in [0.15, 0.2) is 0 Å². The second-order valence-corrected chi connectivity index (χ2v) is 4.37. The second kappa shape index (κ2) is 5.89. The van der Waals surface area contributed by atoms with Crippen LogP contribution in [-0.2, 0) is 0 Å². The highest BCUT2D eigenvalue weighted by atomic mass is 16.2. The molecule has 14 heavy (non-hydrogen) atoms. The van der Waals surface area contributed by atoms with E-state index < -0.39 is 0 Å². The van der Waals surface area contributed by atoms with Gasteiger partial charge in [-0.15, -0.1) is 0 Å². The summed E-state index contributed by atoms with van der Waals surface area (Å²) in [5.74, 6) is 1.59. The molecule has 82 valence electrons. The Kier molecular flexibility index (Phi) is 4.77. The fourth-order valence-electron chi connectivity index (χ4n) is 1.99. The summed E-state index contributed by atoms with van der Waals surface area (Å²) < 4.78 is 0. The van der Waals surface area contributed by atoms with Gasteiger partial charge in [-0.1, -0.05) is 19.8 Å². The summed E-state index contributed by atoms with van der Waals surface area (Å²) in [5.41, 5.74) is 0. The number of urea groups is 1. The molecule has 1 rings (SSSR count). The van der Waals surface area contributed by atoms with Crippen LogP contribution < -0.4 is 10.6 Å². The number of rotatable bonds is 3. The zero-order chi connectivity index (χ0) is 10.4. The summed E-state index contributed by atoms with van der Waals surface area (Å²) in [6, 6.07) is -0.0221. The lowest BCUT2D eigenvalue weighted by molar-refractivity contribution is 0.233. The van der Waals surface area contributed by atoms with Gasteiger partial charge in [-0.2, -0.15) is 0 Å². The van der Waals surface area contributed by atoms with Crippen LogP contribution in [0.4, 0.5) is 4.79 Å². The first kappa shape index (κ1) is 11.3. The van der Waals surface area contributed by atoms with Crippen molar-refractivity contribution in [1.82, 2.24) is 10.6 Å². The van der Waals surface area contributed by atoms with Gasteiger partial charge in [0.1, 0.15) is 0 Å². The number of hydrogen-bond donors (Lipinski definition) is 2. The SMILES string of the molecule is CCNC(=O)NCC1CCC(C)CC1. The quantitative estimate of drug-likeness (QED) is 0.716. The summed E-state index contributed by atoms with van der Waals surface area (Å²) >= 11 is 0. The Balaban J connectivity index is 2.09. The van der Waals surface area contributed by atoms with Crippen molar-refractivity contribution in [2.24, 2.45) is 11.8 Å². The molecule has 1 aliphatic carbocycles. The highest BCUT2D eigenvalue weighted by Crippen LogP contribution is 2.27. The van der Waals surface area contributed by atoms with Gasteiger partial charge in [0.2, 0.25) is 0 Å². The molecule has 0 radical (unpaired) electrons. The zero-order valence-corrected chi connectivity index (χ0v) is 9.31. The molecule has 0 aromatic rings. The molecular weight excluding hydrogens is 176 g/mol. The number of hydrogen-bond acceptors (Lipinski definition) is 1. The molecule has 0 atom stereocenters. The Hall–Kier alpha value is -0.730. The predicted molar refractivity (Wildman–Crippen MR) is 58.2 cm³/mol. The van der Waals surface area contributed by atoms with Crippen molar-refractivity contribution in [1.29, 1.82) is 0 Å². The summed E-state index contributed by atoms with van der Waals surface area (Å²) in [5, 5.41) is 5.66. The minimum absolute atomic E-state index is 0.0221. The molecule has 2 N–H and O–H groups in total. The van der Waals surface area contributed by atoms with Crippen LogP contribution in [0, 0.1) is 11.8 Å². The third-order valence-electron chi connectivity index (χ3n) is 3.02. The summed E-state index contributed by atoms with van der Waals surface area (Å²) in [4.78, 5) is 11.1. The lowest BCUT2D eigenvalue weighted by Crippen LogP contribution is -2.38. The van der Waals surface area contributed by atoms with Crippen molar-refractivity contribution in [2.75, 3.05) is 13.1 Å². The monoisotopic (exact) mass is 198 g/mol. The molecule has 1 fully saturated rings. The van der Waals surface area contributed by atoms with Crippen molar-refractivity contribution in [2.45, 2.75) is 39.5 Å². The van der Waals surface area contributed by atoms with Crippen molar-refractivity contribution in [3.63, 3.8) is 0 Å². The number of carbonyl (C=O) groups is 1. The molecular formula is C11H22N2O. The Bertz CT molecular complexity index is 174. The topological polar surface area (TPSA) is 41.1 Å². The molecule has 0 spiro atoms. The second-order valence-electron chi connectivity index (χ2n) is 4.37. The number of nitrogens with one attached hydrogen (secondary N) is 2. The summed E-state index contributed by atoms with van der Waals surface area (Å²) in [6.07, 6.45) is 5.19. The van der Waals surface area contributed by atoms with E-state index in [-0.39, 0.29) is 6.03 Å². The minimum atomic E-state index is -0.0221. The predicted octanol–water partition coefficient (Wildman–Crippen LogP) is 2.13. The molecule has 3 nitrogen and oxygen atoms in total. The van der Waals surface area contributed by atoms with E-state index in [0.29, 0.717) is 12.5 Å². The fraction of sp³-hybridized carbons (Fsp3) is 0.909. The van der Waals surface area contributed by atoms with Crippen LogP contribution in [0.1, 0.15) is 39.5 Å². The maximum atomic E-state index is 11.1. The molecule has 0 bridgehead atoms. The Morgan fingerprint density at radius 2 is 1.86 bits per heavy atom. The normalized spacial score (nSPS) is 27.0. The first-order valence-electron chi connectivity index (χ1n) is 5.74. The first-order chi connectivity index (χ1) is 6.72. The average Bonchev–Trinajstić information content (AvgIpc) is 2.17. The van der Waals surface area contributed by atoms with E-state index >= 15 is 0 Å². The van der Waals surface area contributed by atoms with E-state index in [1.807, 2.05) is 6.92 Å². The summed E-state index contributed by atoms with van der Waals surface area (Å²) in [7, 11) is 0. The van der Waals surface area contributed by atoms with E-state index in [1.54, 1.807) is 0 Å². The molecule has 1 saturated carbocycles. The van der Waals surface area contributed by atoms with Crippen molar-refractivity contribution in [3.8, 4) is 0 Å². The van der Waals surface area contributed by atoms with Gasteiger partial charge in [-0.3, -0.25) is 0 Å². The van der Waals surface area contributed by atoms with Crippen molar-refractivity contribution in [3.05, 3.63) is 0 Å². The van der Waals surface area contributed by atoms with Gasteiger partial charge < -0.3 is 10.6 Å². The maximum absolute atomic E-state index is 11.1. The highest BCUT2D eigenvalue weighted by molar-refractivity contribution is 5.73. The van der Waals surface area contributed by atoms with Gasteiger partial charge in [0.25, 0.3) is 0 Å². The number of carbonyl (C=O) groups excluding carboxylic acids is 1. The van der Waals surface area contributed by atoms with Crippen LogP contribution in [0.2, 0.25) is 0 Å². The van der Waals surface area contributed by atoms with Crippen LogP contribution in [0.3, 0.4) is 0 Å². The molecule has 2 amide bonds. The smallest absolute Gasteiger partial charge is 0.314 e. The highest BCUT2D eigenvalue weighted by Gasteiger charge is 2.18. The lowest BCUT2D eigenvalue weighted by Gasteiger charge is -2.26. The van der Waals surface area contributed by atoms with Gasteiger partial charge in [0, 0.05) is 13.1 Å². The van der Waals surface area contributed by atoms with Gasteiger partial charge >= 0.3 is 6.03 Å². The van der Waals surface area contributed by atoms with Crippen LogP contribution in [-0.4, -0.2) is 19.1 Å². The first-order valence-corrected chi connectivity index (χ1v) is 5.74. The summed E-state index contributed by atoms with van der Waals surface area (Å²) in [6.45, 7) is 5.79. The van der Waals surface area contributed by atoms with E-state index in [4.69, 9.17) is 0 Å². The molecule has 0 heterocycles. The number of amides is 2. The third kappa shape index (κ3) is 3.99. The molecule has 0 saturated heterocycles. The molecule has 0 aliphatic heterocycles. The lowest BCUT2D eigenvalue weighted by atomic mass is 9.83. The van der Waals surface area contributed by atoms with Crippen LogP contribution >= 0.6 is 0 Å². The van der Waals surface area contributed by atoms with Crippen molar-refractivity contribution < 1.29 is 4.79 Å². The van der Waals surface area contributed by atoms with E-state index in [2.05, 4.69) is 17.6 Å². The fourth-order valence-corrected chi connectivity index (χ4v) is 1.99. The Morgan fingerprint density at radius 3 is 2.43 bits per heavy atom. The van der Waals surface area contributed by atoms with E-state index in [0.717, 1.165) is 12.5 Å². The van der Waals surface area contributed by atoms with Crippen LogP contribution in [0.5, 0.6) is 0 Å².